The molecule has 8 nitrogen and oxygen atoms in total. The standard InChI is InChI=1S/C24H36N8/c1-3-5-7-9-11-13-15-27-21-22(28-16-14-12-10-8-6-4-2)32-24-23(31-21)29-19(17-25)20(18-26)30-24/h3-16H2,1-2H3,(H,27,29,31)(H,28,30,32). The second kappa shape index (κ2) is 14.9. The minimum absolute atomic E-state index is 0.0241. The number of unbranched alkanes of at least 4 members (excludes halogenated alkanes) is 10. The van der Waals surface area contributed by atoms with Crippen LogP contribution in [0.25, 0.3) is 11.3 Å². The number of rotatable bonds is 16. The lowest BCUT2D eigenvalue weighted by Crippen LogP contribution is -2.12. The molecule has 0 spiro atoms. The van der Waals surface area contributed by atoms with Gasteiger partial charge in [-0.25, -0.2) is 19.9 Å². The summed E-state index contributed by atoms with van der Waals surface area (Å²) in [6, 6.07) is 3.82. The zero-order valence-corrected chi connectivity index (χ0v) is 19.6. The van der Waals surface area contributed by atoms with E-state index in [1.807, 2.05) is 12.1 Å². The van der Waals surface area contributed by atoms with Gasteiger partial charge in [-0.1, -0.05) is 78.1 Å². The molecule has 0 radical (unpaired) electrons. The van der Waals surface area contributed by atoms with Crippen molar-refractivity contribution in [1.82, 2.24) is 19.9 Å². The van der Waals surface area contributed by atoms with Gasteiger partial charge in [0.15, 0.2) is 23.0 Å². The molecule has 0 atom stereocenters. The molecule has 0 aliphatic carbocycles. The third-order valence-corrected chi connectivity index (χ3v) is 5.38. The maximum Gasteiger partial charge on any atom is 0.201 e. The Hall–Kier alpha value is -3.00. The van der Waals surface area contributed by atoms with Gasteiger partial charge in [0.05, 0.1) is 0 Å². The summed E-state index contributed by atoms with van der Waals surface area (Å²) in [4.78, 5) is 17.5. The second-order valence-electron chi connectivity index (χ2n) is 8.10. The first-order valence-electron chi connectivity index (χ1n) is 12.1. The maximum absolute atomic E-state index is 9.24. The van der Waals surface area contributed by atoms with E-state index in [1.54, 1.807) is 0 Å². The molecule has 0 fully saturated rings. The lowest BCUT2D eigenvalue weighted by molar-refractivity contribution is 0.616. The van der Waals surface area contributed by atoms with Crippen molar-refractivity contribution < 1.29 is 0 Å². The van der Waals surface area contributed by atoms with E-state index >= 15 is 0 Å². The van der Waals surface area contributed by atoms with Crippen LogP contribution in [0.4, 0.5) is 11.6 Å². The molecule has 2 heterocycles. The highest BCUT2D eigenvalue weighted by Crippen LogP contribution is 2.21. The Morgan fingerprint density at radius 1 is 0.562 bits per heavy atom. The number of nitrogens with one attached hydrogen (secondary N) is 2. The number of hydrogen-bond acceptors (Lipinski definition) is 8. The predicted octanol–water partition coefficient (Wildman–Crippen LogP) is 5.71. The molecule has 8 heteroatoms. The number of nitrogens with zero attached hydrogens (tertiary/aromatic N) is 6. The Balaban J connectivity index is 2.06. The Morgan fingerprint density at radius 2 is 0.938 bits per heavy atom. The van der Waals surface area contributed by atoms with Gasteiger partial charge < -0.3 is 10.6 Å². The minimum Gasteiger partial charge on any atom is -0.367 e. The summed E-state index contributed by atoms with van der Waals surface area (Å²) in [5, 5.41) is 25.2. The molecular formula is C24H36N8. The lowest BCUT2D eigenvalue weighted by atomic mass is 10.1. The highest BCUT2D eigenvalue weighted by atomic mass is 15.1. The van der Waals surface area contributed by atoms with Crippen LogP contribution in [0.5, 0.6) is 0 Å². The topological polar surface area (TPSA) is 123 Å². The smallest absolute Gasteiger partial charge is 0.201 e. The number of anilines is 2. The van der Waals surface area contributed by atoms with Crippen LogP contribution in [-0.2, 0) is 0 Å². The van der Waals surface area contributed by atoms with E-state index in [4.69, 9.17) is 0 Å². The van der Waals surface area contributed by atoms with Crippen molar-refractivity contribution in [2.75, 3.05) is 23.7 Å². The van der Waals surface area contributed by atoms with Crippen molar-refractivity contribution >= 4 is 22.9 Å². The number of hydrogen-bond donors (Lipinski definition) is 2. The normalized spacial score (nSPS) is 10.6. The lowest BCUT2D eigenvalue weighted by Gasteiger charge is -2.13. The molecule has 0 unspecified atom stereocenters. The van der Waals surface area contributed by atoms with E-state index in [1.165, 1.54) is 64.2 Å². The third-order valence-electron chi connectivity index (χ3n) is 5.38. The molecule has 0 saturated carbocycles. The highest BCUT2D eigenvalue weighted by Gasteiger charge is 2.14. The van der Waals surface area contributed by atoms with Gasteiger partial charge in [-0.15, -0.1) is 0 Å². The molecule has 0 bridgehead atoms. The summed E-state index contributed by atoms with van der Waals surface area (Å²) >= 11 is 0. The van der Waals surface area contributed by atoms with E-state index in [0.717, 1.165) is 25.9 Å². The van der Waals surface area contributed by atoms with E-state index < -0.39 is 0 Å². The SMILES string of the molecule is CCCCCCCCNc1nc2nc(C#N)c(C#N)nc2nc1NCCCCCCCC. The molecule has 2 rings (SSSR count). The average molecular weight is 437 g/mol. The zero-order chi connectivity index (χ0) is 23.0. The molecule has 0 amide bonds. The molecule has 2 aromatic rings. The second-order valence-corrected chi connectivity index (χ2v) is 8.10. The Morgan fingerprint density at radius 3 is 1.31 bits per heavy atom. The summed E-state index contributed by atoms with van der Waals surface area (Å²) < 4.78 is 0. The summed E-state index contributed by atoms with van der Waals surface area (Å²) in [5.74, 6) is 1.25. The van der Waals surface area contributed by atoms with Crippen LogP contribution in [0, 0.1) is 22.7 Å². The quantitative estimate of drug-likeness (QED) is 0.321. The summed E-state index contributed by atoms with van der Waals surface area (Å²) in [5.41, 5.74) is 0.500. The Kier molecular flexibility index (Phi) is 11.8. The van der Waals surface area contributed by atoms with Crippen LogP contribution >= 0.6 is 0 Å². The molecule has 172 valence electrons. The Labute approximate surface area is 191 Å². The molecular weight excluding hydrogens is 400 g/mol. The summed E-state index contributed by atoms with van der Waals surface area (Å²) in [6.07, 6.45) is 14.6. The van der Waals surface area contributed by atoms with Gasteiger partial charge in [-0.3, -0.25) is 0 Å². The predicted molar refractivity (Wildman–Crippen MR) is 128 cm³/mol. The van der Waals surface area contributed by atoms with Crippen LogP contribution in [0.2, 0.25) is 0 Å². The van der Waals surface area contributed by atoms with Crippen molar-refractivity contribution in [2.24, 2.45) is 0 Å². The van der Waals surface area contributed by atoms with Crippen molar-refractivity contribution in [3.8, 4) is 12.1 Å². The number of fused-ring (bicyclic) bond motifs is 1. The van der Waals surface area contributed by atoms with E-state index in [-0.39, 0.29) is 22.7 Å². The van der Waals surface area contributed by atoms with Gasteiger partial charge in [0.1, 0.15) is 12.1 Å². The van der Waals surface area contributed by atoms with Gasteiger partial charge in [0.25, 0.3) is 0 Å². The van der Waals surface area contributed by atoms with Gasteiger partial charge in [0, 0.05) is 13.1 Å². The highest BCUT2D eigenvalue weighted by molar-refractivity contribution is 5.75. The molecule has 32 heavy (non-hydrogen) atoms. The Bertz CT molecular complexity index is 838. The first-order valence-corrected chi connectivity index (χ1v) is 12.1. The van der Waals surface area contributed by atoms with Crippen LogP contribution in [0.3, 0.4) is 0 Å². The van der Waals surface area contributed by atoms with Gasteiger partial charge in [-0.05, 0) is 12.8 Å². The maximum atomic E-state index is 9.24. The number of aromatic nitrogens is 4. The van der Waals surface area contributed by atoms with Crippen LogP contribution < -0.4 is 10.6 Å². The fraction of sp³-hybridized carbons (Fsp3) is 0.667. The van der Waals surface area contributed by atoms with Crippen LogP contribution in [0.1, 0.15) is 102 Å². The summed E-state index contributed by atoms with van der Waals surface area (Å²) in [7, 11) is 0. The van der Waals surface area contributed by atoms with Crippen molar-refractivity contribution in [3.63, 3.8) is 0 Å². The summed E-state index contributed by atoms with van der Waals surface area (Å²) in [6.45, 7) is 6.04. The van der Waals surface area contributed by atoms with Gasteiger partial charge in [-0.2, -0.15) is 10.5 Å². The molecule has 0 aliphatic heterocycles. The fourth-order valence-electron chi connectivity index (χ4n) is 3.51. The fourth-order valence-corrected chi connectivity index (χ4v) is 3.51. The first kappa shape index (κ1) is 25.3. The monoisotopic (exact) mass is 436 g/mol. The third kappa shape index (κ3) is 8.26. The molecule has 0 aromatic carbocycles. The first-order chi connectivity index (χ1) is 15.7. The van der Waals surface area contributed by atoms with E-state index in [2.05, 4.69) is 44.4 Å². The van der Waals surface area contributed by atoms with Crippen LogP contribution in [0.15, 0.2) is 0 Å². The van der Waals surface area contributed by atoms with Crippen LogP contribution in [-0.4, -0.2) is 33.0 Å². The molecule has 2 N–H and O–H groups in total. The van der Waals surface area contributed by atoms with Crippen molar-refractivity contribution in [1.29, 1.82) is 10.5 Å². The van der Waals surface area contributed by atoms with Crippen molar-refractivity contribution in [3.05, 3.63) is 11.4 Å². The van der Waals surface area contributed by atoms with Gasteiger partial charge in [0.2, 0.25) is 11.3 Å². The zero-order valence-electron chi connectivity index (χ0n) is 19.6. The van der Waals surface area contributed by atoms with E-state index in [0.29, 0.717) is 11.6 Å². The molecule has 2 aromatic heterocycles. The van der Waals surface area contributed by atoms with Crippen molar-refractivity contribution in [2.45, 2.75) is 90.9 Å². The largest absolute Gasteiger partial charge is 0.367 e. The van der Waals surface area contributed by atoms with E-state index in [9.17, 15) is 10.5 Å². The molecule has 0 saturated heterocycles. The number of nitriles is 2. The molecule has 0 aliphatic rings. The van der Waals surface area contributed by atoms with Gasteiger partial charge >= 0.3 is 0 Å². The minimum atomic E-state index is -0.0241. The average Bonchev–Trinajstić information content (AvgIpc) is 2.82.